The summed E-state index contributed by atoms with van der Waals surface area (Å²) in [5.41, 5.74) is 1.82. The summed E-state index contributed by atoms with van der Waals surface area (Å²) in [5.74, 6) is 0.715. The van der Waals surface area contributed by atoms with Crippen molar-refractivity contribution in [3.8, 4) is 0 Å². The molecule has 0 bridgehead atoms. The highest BCUT2D eigenvalue weighted by atomic mass is 16.1. The van der Waals surface area contributed by atoms with E-state index in [1.165, 1.54) is 0 Å². The number of amides is 1. The first-order chi connectivity index (χ1) is 8.40. The predicted molar refractivity (Wildman–Crippen MR) is 77.0 cm³/mol. The van der Waals surface area contributed by atoms with Crippen LogP contribution in [0.5, 0.6) is 0 Å². The van der Waals surface area contributed by atoms with Crippen molar-refractivity contribution in [3.63, 3.8) is 0 Å². The Kier molecular flexibility index (Phi) is 5.45. The summed E-state index contributed by atoms with van der Waals surface area (Å²) in [6.07, 6.45) is 0.917. The van der Waals surface area contributed by atoms with Gasteiger partial charge >= 0.3 is 0 Å². The van der Waals surface area contributed by atoms with E-state index in [4.69, 9.17) is 7.85 Å². The molecule has 0 aliphatic heterocycles. The first-order valence-electron chi connectivity index (χ1n) is 6.56. The van der Waals surface area contributed by atoms with Gasteiger partial charge in [-0.1, -0.05) is 50.5 Å². The summed E-state index contributed by atoms with van der Waals surface area (Å²) in [7, 11) is 5.64. The van der Waals surface area contributed by atoms with Crippen molar-refractivity contribution in [3.05, 3.63) is 29.8 Å². The van der Waals surface area contributed by atoms with E-state index in [9.17, 15) is 4.79 Å². The second-order valence-corrected chi connectivity index (χ2v) is 5.43. The lowest BCUT2D eigenvalue weighted by Crippen LogP contribution is -2.32. The van der Waals surface area contributed by atoms with Crippen LogP contribution >= 0.6 is 0 Å². The Hall–Kier alpha value is -1.25. The molecule has 2 nitrogen and oxygen atoms in total. The molecule has 0 aliphatic carbocycles. The van der Waals surface area contributed by atoms with Crippen LogP contribution in [0.1, 0.15) is 45.7 Å². The maximum absolute atomic E-state index is 12.0. The zero-order chi connectivity index (χ0) is 13.7. The van der Waals surface area contributed by atoms with Gasteiger partial charge in [-0.15, -0.1) is 0 Å². The number of carbonyl (C=O) groups excluding carboxylic acids is 1. The van der Waals surface area contributed by atoms with Crippen LogP contribution in [0, 0.1) is 11.8 Å². The molecule has 0 aliphatic rings. The van der Waals surface area contributed by atoms with Gasteiger partial charge in [0.1, 0.15) is 7.85 Å². The quantitative estimate of drug-likeness (QED) is 0.790. The third-order valence-corrected chi connectivity index (χ3v) is 3.07. The van der Waals surface area contributed by atoms with Gasteiger partial charge in [-0.2, -0.15) is 0 Å². The number of hydrogen-bond acceptors (Lipinski definition) is 1. The van der Waals surface area contributed by atoms with Crippen molar-refractivity contribution in [2.24, 2.45) is 11.8 Å². The molecule has 1 aromatic carbocycles. The molecule has 1 amide bonds. The topological polar surface area (TPSA) is 29.1 Å². The predicted octanol–water partition coefficient (Wildman–Crippen LogP) is 2.34. The fourth-order valence-electron chi connectivity index (χ4n) is 2.04. The van der Waals surface area contributed by atoms with Crippen LogP contribution in [0.4, 0.5) is 0 Å². The average molecular weight is 243 g/mol. The molecule has 1 N–H and O–H groups in total. The standard InChI is InChI=1S/C15H22BNO/c1-10(2)9-11(3)15(18)17-12(4)13-5-7-14(16)8-6-13/h5-8,10-12H,9H2,1-4H3,(H,17,18)/t11?,12-/m0/s1. The molecule has 96 valence electrons. The average Bonchev–Trinajstić information content (AvgIpc) is 2.28. The van der Waals surface area contributed by atoms with Gasteiger partial charge in [0.05, 0.1) is 6.04 Å². The highest BCUT2D eigenvalue weighted by Crippen LogP contribution is 2.15. The Morgan fingerprint density at radius 3 is 2.22 bits per heavy atom. The molecule has 0 heterocycles. The summed E-state index contributed by atoms with van der Waals surface area (Å²) in [6, 6.07) is 7.64. The minimum atomic E-state index is 0.0210. The van der Waals surface area contributed by atoms with Crippen LogP contribution in [-0.2, 0) is 4.79 Å². The molecule has 1 rings (SSSR count). The maximum atomic E-state index is 12.0. The molecule has 0 aromatic heterocycles. The van der Waals surface area contributed by atoms with E-state index < -0.39 is 0 Å². The molecule has 0 saturated heterocycles. The van der Waals surface area contributed by atoms with E-state index in [0.717, 1.165) is 17.4 Å². The number of nitrogens with one attached hydrogen (secondary N) is 1. The molecule has 1 aromatic rings. The Morgan fingerprint density at radius 2 is 1.72 bits per heavy atom. The van der Waals surface area contributed by atoms with E-state index in [1.807, 2.05) is 38.1 Å². The van der Waals surface area contributed by atoms with Gasteiger partial charge in [-0.3, -0.25) is 4.79 Å². The molecule has 3 heteroatoms. The maximum Gasteiger partial charge on any atom is 0.223 e. The monoisotopic (exact) mass is 243 g/mol. The fraction of sp³-hybridized carbons (Fsp3) is 0.533. The molecule has 1 unspecified atom stereocenters. The highest BCUT2D eigenvalue weighted by molar-refractivity contribution is 6.32. The Balaban J connectivity index is 2.56. The first kappa shape index (κ1) is 14.8. The summed E-state index contributed by atoms with van der Waals surface area (Å²) >= 11 is 0. The van der Waals surface area contributed by atoms with Crippen LogP contribution in [0.3, 0.4) is 0 Å². The van der Waals surface area contributed by atoms with E-state index in [1.54, 1.807) is 0 Å². The molecule has 2 atom stereocenters. The molecular weight excluding hydrogens is 221 g/mol. The van der Waals surface area contributed by atoms with E-state index in [0.29, 0.717) is 5.92 Å². The van der Waals surface area contributed by atoms with Crippen molar-refractivity contribution >= 4 is 19.2 Å². The van der Waals surface area contributed by atoms with Gasteiger partial charge in [-0.05, 0) is 24.8 Å². The minimum Gasteiger partial charge on any atom is -0.349 e. The third kappa shape index (κ3) is 4.56. The lowest BCUT2D eigenvalue weighted by atomic mass is 9.93. The third-order valence-electron chi connectivity index (χ3n) is 3.07. The molecular formula is C15H22BNO. The van der Waals surface area contributed by atoms with E-state index in [2.05, 4.69) is 19.2 Å². The molecule has 18 heavy (non-hydrogen) atoms. The summed E-state index contributed by atoms with van der Waals surface area (Å²) < 4.78 is 0. The van der Waals surface area contributed by atoms with Crippen molar-refractivity contribution in [2.45, 2.75) is 40.2 Å². The smallest absolute Gasteiger partial charge is 0.223 e. The van der Waals surface area contributed by atoms with Crippen LogP contribution in [0.15, 0.2) is 24.3 Å². The van der Waals surface area contributed by atoms with Crippen molar-refractivity contribution in [2.75, 3.05) is 0 Å². The lowest BCUT2D eigenvalue weighted by Gasteiger charge is -2.19. The van der Waals surface area contributed by atoms with Gasteiger partial charge in [0.25, 0.3) is 0 Å². The van der Waals surface area contributed by atoms with Crippen molar-refractivity contribution in [1.82, 2.24) is 5.32 Å². The number of hydrogen-bond donors (Lipinski definition) is 1. The molecule has 0 spiro atoms. The number of benzene rings is 1. The Labute approximate surface area is 112 Å². The van der Waals surface area contributed by atoms with Crippen LogP contribution in [0.2, 0.25) is 0 Å². The normalized spacial score (nSPS) is 14.3. The van der Waals surface area contributed by atoms with Crippen LogP contribution < -0.4 is 10.8 Å². The van der Waals surface area contributed by atoms with Crippen LogP contribution in [-0.4, -0.2) is 13.8 Å². The van der Waals surface area contributed by atoms with Gasteiger partial charge in [0.15, 0.2) is 0 Å². The van der Waals surface area contributed by atoms with E-state index in [-0.39, 0.29) is 17.9 Å². The number of carbonyl (C=O) groups is 1. The molecule has 0 saturated carbocycles. The van der Waals surface area contributed by atoms with Crippen molar-refractivity contribution in [1.29, 1.82) is 0 Å². The second kappa shape index (κ2) is 6.62. The second-order valence-electron chi connectivity index (χ2n) is 5.43. The largest absolute Gasteiger partial charge is 0.349 e. The van der Waals surface area contributed by atoms with Crippen LogP contribution in [0.25, 0.3) is 0 Å². The fourth-order valence-corrected chi connectivity index (χ4v) is 2.04. The zero-order valence-corrected chi connectivity index (χ0v) is 11.7. The summed E-state index contributed by atoms with van der Waals surface area (Å²) in [5, 5.41) is 3.04. The molecule has 2 radical (unpaired) electrons. The zero-order valence-electron chi connectivity index (χ0n) is 11.7. The van der Waals surface area contributed by atoms with Gasteiger partial charge < -0.3 is 5.32 Å². The lowest BCUT2D eigenvalue weighted by molar-refractivity contribution is -0.125. The van der Waals surface area contributed by atoms with Crippen molar-refractivity contribution < 1.29 is 4.79 Å². The summed E-state index contributed by atoms with van der Waals surface area (Å²) in [6.45, 7) is 8.23. The molecule has 0 fully saturated rings. The highest BCUT2D eigenvalue weighted by Gasteiger charge is 2.16. The minimum absolute atomic E-state index is 0.0210. The van der Waals surface area contributed by atoms with Gasteiger partial charge in [0.2, 0.25) is 5.91 Å². The van der Waals surface area contributed by atoms with Gasteiger partial charge in [0, 0.05) is 5.92 Å². The Bertz CT molecular complexity index is 386. The number of rotatable bonds is 5. The SMILES string of the molecule is [B]c1ccc([C@H](C)NC(=O)C(C)CC(C)C)cc1. The van der Waals surface area contributed by atoms with E-state index >= 15 is 0 Å². The van der Waals surface area contributed by atoms with Gasteiger partial charge in [-0.25, -0.2) is 0 Å². The first-order valence-corrected chi connectivity index (χ1v) is 6.56. The summed E-state index contributed by atoms with van der Waals surface area (Å²) in [4.78, 5) is 12.0. The Morgan fingerprint density at radius 1 is 1.17 bits per heavy atom.